The predicted molar refractivity (Wildman–Crippen MR) is 145 cm³/mol. The van der Waals surface area contributed by atoms with Crippen molar-refractivity contribution in [3.63, 3.8) is 0 Å². The highest BCUT2D eigenvalue weighted by molar-refractivity contribution is 7.21. The first kappa shape index (κ1) is 26.7. The first-order valence-electron chi connectivity index (χ1n) is 13.3. The Labute approximate surface area is 221 Å². The molecule has 0 N–H and O–H groups in total. The van der Waals surface area contributed by atoms with Gasteiger partial charge in [0.1, 0.15) is 0 Å². The molecule has 2 aromatic heterocycles. The molecule has 4 heterocycles. The fourth-order valence-electron chi connectivity index (χ4n) is 5.22. The molecule has 36 heavy (non-hydrogen) atoms. The number of fused-ring (bicyclic) bond motifs is 2. The Morgan fingerprint density at radius 3 is 1.36 bits per heavy atom. The smallest absolute Gasteiger partial charge is 0.263 e. The molecule has 0 saturated carbocycles. The van der Waals surface area contributed by atoms with Gasteiger partial charge in [-0.25, -0.2) is 0 Å². The third kappa shape index (κ3) is 4.70. The van der Waals surface area contributed by atoms with Gasteiger partial charge in [0.2, 0.25) is 0 Å². The summed E-state index contributed by atoms with van der Waals surface area (Å²) in [7, 11) is 0. The van der Waals surface area contributed by atoms with E-state index in [1.165, 1.54) is 32.5 Å². The maximum absolute atomic E-state index is 13.5. The van der Waals surface area contributed by atoms with E-state index in [1.54, 1.807) is 10.8 Å². The minimum atomic E-state index is -0.275. The quantitative estimate of drug-likeness (QED) is 0.260. The third-order valence-corrected chi connectivity index (χ3v) is 9.75. The molecule has 0 bridgehead atoms. The van der Waals surface area contributed by atoms with Gasteiger partial charge in [-0.05, 0) is 24.7 Å². The van der Waals surface area contributed by atoms with E-state index >= 15 is 0 Å². The highest BCUT2D eigenvalue weighted by Crippen LogP contribution is 2.45. The van der Waals surface area contributed by atoms with Crippen molar-refractivity contribution in [1.82, 2.24) is 9.80 Å². The highest BCUT2D eigenvalue weighted by Gasteiger charge is 2.44. The molecule has 4 amide bonds. The van der Waals surface area contributed by atoms with Gasteiger partial charge in [0.05, 0.1) is 32.0 Å². The number of imide groups is 2. The van der Waals surface area contributed by atoms with Gasteiger partial charge in [0, 0.05) is 23.8 Å². The van der Waals surface area contributed by atoms with Crippen molar-refractivity contribution < 1.29 is 19.2 Å². The Balaban J connectivity index is 1.60. The molecular formula is C28H36N2O4S2. The van der Waals surface area contributed by atoms with Crippen LogP contribution in [-0.4, -0.2) is 46.5 Å². The molecule has 6 nitrogen and oxygen atoms in total. The standard InChI is InChI=1S/C28H36N2O4S2/c1-5-9-11-17(7-3)13-29-25(31)19-15-35-23(21(19)27(29)33)24-22-20(16-36-24)26(32)30(28(22)34)14-18(8-4)12-10-6-2/h15-18H,5-14H2,1-4H3. The van der Waals surface area contributed by atoms with E-state index in [2.05, 4.69) is 27.7 Å². The molecule has 0 radical (unpaired) electrons. The summed E-state index contributed by atoms with van der Waals surface area (Å²) in [5.41, 5.74) is 1.64. The number of hydrogen-bond acceptors (Lipinski definition) is 6. The summed E-state index contributed by atoms with van der Waals surface area (Å²) < 4.78 is 0. The second kappa shape index (κ2) is 11.4. The van der Waals surface area contributed by atoms with Crippen LogP contribution in [0.5, 0.6) is 0 Å². The summed E-state index contributed by atoms with van der Waals surface area (Å²) >= 11 is 2.64. The van der Waals surface area contributed by atoms with Gasteiger partial charge in [-0.3, -0.25) is 29.0 Å². The zero-order valence-electron chi connectivity index (χ0n) is 21.7. The molecule has 2 atom stereocenters. The van der Waals surface area contributed by atoms with E-state index in [1.807, 2.05) is 0 Å². The van der Waals surface area contributed by atoms with E-state index in [4.69, 9.17) is 0 Å². The molecular weight excluding hydrogens is 492 g/mol. The van der Waals surface area contributed by atoms with Crippen molar-refractivity contribution in [3.8, 4) is 9.75 Å². The predicted octanol–water partition coefficient (Wildman–Crippen LogP) is 7.10. The van der Waals surface area contributed by atoms with Gasteiger partial charge in [-0.15, -0.1) is 22.7 Å². The number of hydrogen-bond donors (Lipinski definition) is 0. The SMILES string of the molecule is CCCCC(CC)CN1C(=O)c2csc(-c3scc4c3C(=O)N(CC(CC)CCCC)C4=O)c2C1=O. The van der Waals surface area contributed by atoms with Gasteiger partial charge in [0.15, 0.2) is 0 Å². The molecule has 0 aliphatic carbocycles. The lowest BCUT2D eigenvalue weighted by Crippen LogP contribution is -2.35. The summed E-state index contributed by atoms with van der Waals surface area (Å²) in [6.07, 6.45) is 8.13. The second-order valence-corrected chi connectivity index (χ2v) is 11.7. The Bertz CT molecular complexity index is 1070. The van der Waals surface area contributed by atoms with Crippen molar-refractivity contribution in [3.05, 3.63) is 33.0 Å². The number of carbonyl (C=O) groups excluding carboxylic acids is 4. The van der Waals surface area contributed by atoms with Crippen molar-refractivity contribution >= 4 is 46.3 Å². The van der Waals surface area contributed by atoms with Gasteiger partial charge in [0.25, 0.3) is 23.6 Å². The molecule has 0 aromatic carbocycles. The van der Waals surface area contributed by atoms with E-state index in [9.17, 15) is 19.2 Å². The fourth-order valence-corrected chi connectivity index (χ4v) is 7.46. The molecule has 2 aliphatic heterocycles. The van der Waals surface area contributed by atoms with Crippen LogP contribution in [-0.2, 0) is 0 Å². The molecule has 0 saturated heterocycles. The van der Waals surface area contributed by atoms with E-state index < -0.39 is 0 Å². The molecule has 4 rings (SSSR count). The maximum Gasteiger partial charge on any atom is 0.263 e. The van der Waals surface area contributed by atoms with Gasteiger partial charge < -0.3 is 0 Å². The lowest BCUT2D eigenvalue weighted by molar-refractivity contribution is 0.0608. The molecule has 2 unspecified atom stereocenters. The van der Waals surface area contributed by atoms with Gasteiger partial charge >= 0.3 is 0 Å². The minimum Gasteiger partial charge on any atom is -0.274 e. The van der Waals surface area contributed by atoms with Crippen LogP contribution in [0.25, 0.3) is 9.75 Å². The van der Waals surface area contributed by atoms with Crippen LogP contribution in [0.3, 0.4) is 0 Å². The van der Waals surface area contributed by atoms with Crippen LogP contribution in [0.1, 0.15) is 120 Å². The number of thiophene rings is 2. The van der Waals surface area contributed by atoms with Crippen molar-refractivity contribution in [2.75, 3.05) is 13.1 Å². The topological polar surface area (TPSA) is 74.8 Å². The van der Waals surface area contributed by atoms with E-state index in [0.717, 1.165) is 51.4 Å². The number of nitrogens with zero attached hydrogens (tertiary/aromatic N) is 2. The monoisotopic (exact) mass is 528 g/mol. The lowest BCUT2D eigenvalue weighted by atomic mass is 9.99. The zero-order valence-corrected chi connectivity index (χ0v) is 23.4. The highest BCUT2D eigenvalue weighted by atomic mass is 32.1. The van der Waals surface area contributed by atoms with Crippen LogP contribution < -0.4 is 0 Å². The Kier molecular flexibility index (Phi) is 8.45. The van der Waals surface area contributed by atoms with Crippen LogP contribution in [0.15, 0.2) is 10.8 Å². The summed E-state index contributed by atoms with van der Waals surface area (Å²) in [5, 5.41) is 3.47. The summed E-state index contributed by atoms with van der Waals surface area (Å²) in [6.45, 7) is 9.33. The summed E-state index contributed by atoms with van der Waals surface area (Å²) in [5.74, 6) is -0.471. The van der Waals surface area contributed by atoms with Gasteiger partial charge in [-0.2, -0.15) is 0 Å². The number of amides is 4. The number of unbranched alkanes of at least 4 members (excludes halogenated alkanes) is 2. The minimum absolute atomic E-state index is 0.244. The molecule has 0 spiro atoms. The molecule has 2 aliphatic rings. The summed E-state index contributed by atoms with van der Waals surface area (Å²) in [4.78, 5) is 57.3. The lowest BCUT2D eigenvalue weighted by Gasteiger charge is -2.22. The van der Waals surface area contributed by atoms with Crippen LogP contribution in [0.4, 0.5) is 0 Å². The number of rotatable bonds is 13. The summed E-state index contributed by atoms with van der Waals surface area (Å²) in [6, 6.07) is 0. The van der Waals surface area contributed by atoms with Crippen LogP contribution in [0.2, 0.25) is 0 Å². The van der Waals surface area contributed by atoms with Crippen LogP contribution >= 0.6 is 22.7 Å². The normalized spacial score (nSPS) is 16.8. The van der Waals surface area contributed by atoms with Gasteiger partial charge in [-0.1, -0.05) is 66.2 Å². The number of carbonyl (C=O) groups is 4. The average Bonchev–Trinajstić information content (AvgIpc) is 3.61. The van der Waals surface area contributed by atoms with Crippen LogP contribution in [0, 0.1) is 11.8 Å². The van der Waals surface area contributed by atoms with Crippen molar-refractivity contribution in [2.45, 2.75) is 79.1 Å². The van der Waals surface area contributed by atoms with Crippen molar-refractivity contribution in [2.24, 2.45) is 11.8 Å². The van der Waals surface area contributed by atoms with E-state index in [0.29, 0.717) is 45.1 Å². The first-order valence-corrected chi connectivity index (χ1v) is 15.1. The largest absolute Gasteiger partial charge is 0.274 e. The Morgan fingerprint density at radius 2 is 1.03 bits per heavy atom. The third-order valence-electron chi connectivity index (χ3n) is 7.63. The fraction of sp³-hybridized carbons (Fsp3) is 0.571. The second-order valence-electron chi connectivity index (χ2n) is 9.98. The average molecular weight is 529 g/mol. The maximum atomic E-state index is 13.5. The molecule has 8 heteroatoms. The molecule has 2 aromatic rings. The first-order chi connectivity index (χ1) is 17.4. The molecule has 0 fully saturated rings. The Hall–Kier alpha value is -2.32. The molecule has 194 valence electrons. The Morgan fingerprint density at radius 1 is 0.639 bits per heavy atom. The zero-order chi connectivity index (χ0) is 26.0. The van der Waals surface area contributed by atoms with E-state index in [-0.39, 0.29) is 35.5 Å². The van der Waals surface area contributed by atoms with Crippen molar-refractivity contribution in [1.29, 1.82) is 0 Å².